The molecule has 0 spiro atoms. The second kappa shape index (κ2) is 9.56. The Hall–Kier alpha value is -2.80. The van der Waals surface area contributed by atoms with Gasteiger partial charge in [0, 0.05) is 0 Å². The topological polar surface area (TPSA) is 38.8 Å². The number of hydrogen-bond donors (Lipinski definition) is 0. The molecule has 0 N–H and O–H groups in total. The van der Waals surface area contributed by atoms with Crippen LogP contribution < -0.4 is 14.4 Å². The standard InChI is InChI=1S/C24H18ClNO3S2/c1-28-20-13-17(12-19(25)22(20)29-15-16-8-4-2-5-9-16)14-21-23(27)26(24(30)31-21)18-10-6-3-7-11-18/h2-14H,15H2,1H3. The van der Waals surface area contributed by atoms with Gasteiger partial charge in [0.25, 0.3) is 5.91 Å². The number of para-hydroxylation sites is 1. The first-order valence-corrected chi connectivity index (χ1v) is 11.0. The highest BCUT2D eigenvalue weighted by Crippen LogP contribution is 2.40. The predicted octanol–water partition coefficient (Wildman–Crippen LogP) is 6.33. The molecule has 1 aliphatic heterocycles. The molecule has 1 aliphatic rings. The van der Waals surface area contributed by atoms with Crippen LogP contribution in [0.2, 0.25) is 5.02 Å². The van der Waals surface area contributed by atoms with Crippen LogP contribution in [0.4, 0.5) is 5.69 Å². The molecule has 4 rings (SSSR count). The Morgan fingerprint density at radius 1 is 1.06 bits per heavy atom. The van der Waals surface area contributed by atoms with E-state index < -0.39 is 0 Å². The molecule has 7 heteroatoms. The van der Waals surface area contributed by atoms with Gasteiger partial charge in [0.1, 0.15) is 6.61 Å². The molecule has 0 unspecified atom stereocenters. The molecule has 0 bridgehead atoms. The SMILES string of the molecule is COc1cc(C=C2SC(=S)N(c3ccccc3)C2=O)cc(Cl)c1OCc1ccccc1. The van der Waals surface area contributed by atoms with E-state index >= 15 is 0 Å². The number of benzene rings is 3. The number of amides is 1. The summed E-state index contributed by atoms with van der Waals surface area (Å²) in [4.78, 5) is 15.0. The Morgan fingerprint density at radius 2 is 1.74 bits per heavy atom. The summed E-state index contributed by atoms with van der Waals surface area (Å²) in [6, 6.07) is 22.7. The summed E-state index contributed by atoms with van der Waals surface area (Å²) in [6.07, 6.45) is 1.76. The molecular weight excluding hydrogens is 450 g/mol. The molecule has 4 nitrogen and oxygen atoms in total. The second-order valence-electron chi connectivity index (χ2n) is 6.66. The van der Waals surface area contributed by atoms with E-state index in [0.29, 0.717) is 32.4 Å². The first-order chi connectivity index (χ1) is 15.1. The zero-order valence-corrected chi connectivity index (χ0v) is 19.0. The third kappa shape index (κ3) is 4.77. The molecule has 0 saturated carbocycles. The van der Waals surface area contributed by atoms with Crippen LogP contribution in [0.15, 0.2) is 77.7 Å². The molecule has 156 valence electrons. The number of thioether (sulfide) groups is 1. The summed E-state index contributed by atoms with van der Waals surface area (Å²) < 4.78 is 11.9. The molecule has 3 aromatic rings. The zero-order valence-electron chi connectivity index (χ0n) is 16.6. The van der Waals surface area contributed by atoms with Gasteiger partial charge >= 0.3 is 0 Å². The quantitative estimate of drug-likeness (QED) is 0.312. The van der Waals surface area contributed by atoms with Crippen LogP contribution in [0.5, 0.6) is 11.5 Å². The highest BCUT2D eigenvalue weighted by Gasteiger charge is 2.33. The highest BCUT2D eigenvalue weighted by atomic mass is 35.5. The number of anilines is 1. The summed E-state index contributed by atoms with van der Waals surface area (Å²) in [5.41, 5.74) is 2.49. The van der Waals surface area contributed by atoms with Gasteiger partial charge in [-0.25, -0.2) is 0 Å². The Morgan fingerprint density at radius 3 is 2.42 bits per heavy atom. The zero-order chi connectivity index (χ0) is 21.8. The molecule has 1 fully saturated rings. The number of carbonyl (C=O) groups excluding carboxylic acids is 1. The molecule has 0 atom stereocenters. The lowest BCUT2D eigenvalue weighted by Gasteiger charge is -2.14. The van der Waals surface area contributed by atoms with Crippen LogP contribution in [0.3, 0.4) is 0 Å². The van der Waals surface area contributed by atoms with Crippen molar-refractivity contribution in [3.63, 3.8) is 0 Å². The average molecular weight is 468 g/mol. The van der Waals surface area contributed by atoms with Crippen molar-refractivity contribution in [2.75, 3.05) is 12.0 Å². The monoisotopic (exact) mass is 467 g/mol. The van der Waals surface area contributed by atoms with Crippen molar-refractivity contribution in [1.29, 1.82) is 0 Å². The number of halogens is 1. The third-order valence-corrected chi connectivity index (χ3v) is 6.17. The molecule has 1 amide bonds. The van der Waals surface area contributed by atoms with Crippen LogP contribution in [-0.2, 0) is 11.4 Å². The average Bonchev–Trinajstić information content (AvgIpc) is 3.06. The van der Waals surface area contributed by atoms with E-state index in [-0.39, 0.29) is 5.91 Å². The lowest BCUT2D eigenvalue weighted by Crippen LogP contribution is -2.27. The summed E-state index contributed by atoms with van der Waals surface area (Å²) >= 11 is 13.2. The minimum Gasteiger partial charge on any atom is -0.493 e. The van der Waals surface area contributed by atoms with Crippen LogP contribution in [0, 0.1) is 0 Å². The lowest BCUT2D eigenvalue weighted by atomic mass is 10.1. The van der Waals surface area contributed by atoms with Gasteiger partial charge in [-0.1, -0.05) is 84.1 Å². The summed E-state index contributed by atoms with van der Waals surface area (Å²) in [6.45, 7) is 0.367. The van der Waals surface area contributed by atoms with Gasteiger partial charge in [-0.15, -0.1) is 0 Å². The van der Waals surface area contributed by atoms with E-state index in [2.05, 4.69) is 0 Å². The molecule has 3 aromatic carbocycles. The second-order valence-corrected chi connectivity index (χ2v) is 8.74. The minimum atomic E-state index is -0.166. The number of ether oxygens (including phenoxy) is 2. The summed E-state index contributed by atoms with van der Waals surface area (Å²) in [5.74, 6) is 0.788. The van der Waals surface area contributed by atoms with Gasteiger partial charge in [0.2, 0.25) is 0 Å². The molecule has 31 heavy (non-hydrogen) atoms. The van der Waals surface area contributed by atoms with Crippen molar-refractivity contribution in [2.24, 2.45) is 0 Å². The number of methoxy groups -OCH3 is 1. The molecule has 0 aromatic heterocycles. The smallest absolute Gasteiger partial charge is 0.270 e. The summed E-state index contributed by atoms with van der Waals surface area (Å²) in [7, 11) is 1.56. The van der Waals surface area contributed by atoms with Gasteiger partial charge < -0.3 is 9.47 Å². The Labute approximate surface area is 195 Å². The van der Waals surface area contributed by atoms with Crippen LogP contribution in [0.25, 0.3) is 6.08 Å². The van der Waals surface area contributed by atoms with Crippen LogP contribution >= 0.6 is 35.6 Å². The first kappa shape index (κ1) is 21.4. The van der Waals surface area contributed by atoms with Gasteiger partial charge in [0.05, 0.1) is 22.7 Å². The Kier molecular flexibility index (Phi) is 6.61. The molecule has 0 aliphatic carbocycles. The third-order valence-electron chi connectivity index (χ3n) is 4.58. The van der Waals surface area contributed by atoms with Crippen molar-refractivity contribution in [3.05, 3.63) is 93.9 Å². The number of thiocarbonyl (C=S) groups is 1. The minimum absolute atomic E-state index is 0.166. The predicted molar refractivity (Wildman–Crippen MR) is 131 cm³/mol. The van der Waals surface area contributed by atoms with E-state index in [1.54, 1.807) is 25.3 Å². The maximum absolute atomic E-state index is 12.9. The fourth-order valence-corrected chi connectivity index (χ4v) is 4.68. The van der Waals surface area contributed by atoms with Crippen LogP contribution in [-0.4, -0.2) is 17.3 Å². The van der Waals surface area contributed by atoms with Crippen LogP contribution in [0.1, 0.15) is 11.1 Å². The van der Waals surface area contributed by atoms with Gasteiger partial charge in [-0.2, -0.15) is 0 Å². The van der Waals surface area contributed by atoms with E-state index in [1.165, 1.54) is 16.7 Å². The number of hydrogen-bond acceptors (Lipinski definition) is 5. The molecular formula is C24H18ClNO3S2. The number of carbonyl (C=O) groups is 1. The molecule has 1 saturated heterocycles. The number of rotatable bonds is 6. The van der Waals surface area contributed by atoms with E-state index in [0.717, 1.165) is 16.8 Å². The fourth-order valence-electron chi connectivity index (χ4n) is 3.11. The first-order valence-electron chi connectivity index (χ1n) is 9.44. The van der Waals surface area contributed by atoms with Crippen molar-refractivity contribution in [3.8, 4) is 11.5 Å². The fraction of sp³-hybridized carbons (Fsp3) is 0.0833. The van der Waals surface area contributed by atoms with Crippen molar-refractivity contribution >= 4 is 57.6 Å². The van der Waals surface area contributed by atoms with Crippen molar-refractivity contribution in [2.45, 2.75) is 6.61 Å². The van der Waals surface area contributed by atoms with Gasteiger partial charge in [-0.05, 0) is 41.5 Å². The van der Waals surface area contributed by atoms with Crippen molar-refractivity contribution < 1.29 is 14.3 Å². The Balaban J connectivity index is 1.59. The maximum atomic E-state index is 12.9. The molecule has 1 heterocycles. The van der Waals surface area contributed by atoms with Gasteiger partial charge in [0.15, 0.2) is 15.8 Å². The maximum Gasteiger partial charge on any atom is 0.270 e. The van der Waals surface area contributed by atoms with E-state index in [1.807, 2.05) is 60.7 Å². The van der Waals surface area contributed by atoms with E-state index in [4.69, 9.17) is 33.3 Å². The Bertz CT molecular complexity index is 1150. The van der Waals surface area contributed by atoms with Crippen molar-refractivity contribution in [1.82, 2.24) is 0 Å². The van der Waals surface area contributed by atoms with E-state index in [9.17, 15) is 4.79 Å². The summed E-state index contributed by atoms with van der Waals surface area (Å²) in [5, 5.41) is 0.403. The number of nitrogens with zero attached hydrogens (tertiary/aromatic N) is 1. The molecule has 0 radical (unpaired) electrons. The lowest BCUT2D eigenvalue weighted by molar-refractivity contribution is -0.113. The largest absolute Gasteiger partial charge is 0.493 e. The van der Waals surface area contributed by atoms with Gasteiger partial charge in [-0.3, -0.25) is 9.69 Å². The normalized spacial score (nSPS) is 14.9. The highest BCUT2D eigenvalue weighted by molar-refractivity contribution is 8.27.